The third kappa shape index (κ3) is 4.98. The first-order chi connectivity index (χ1) is 23.6. The van der Waals surface area contributed by atoms with Gasteiger partial charge in [-0.2, -0.15) is 10.2 Å². The second-order valence-corrected chi connectivity index (χ2v) is 14.4. The second kappa shape index (κ2) is 11.6. The highest BCUT2D eigenvalue weighted by atomic mass is 32.1. The van der Waals surface area contributed by atoms with Gasteiger partial charge in [0.05, 0.1) is 22.1 Å². The fraction of sp³-hybridized carbons (Fsp3) is 0.0476. The maximum Gasteiger partial charge on any atom is 0.0999 e. The number of benzene rings is 5. The van der Waals surface area contributed by atoms with Gasteiger partial charge in [0.25, 0.3) is 0 Å². The Balaban J connectivity index is 1.32. The predicted molar refractivity (Wildman–Crippen MR) is 206 cm³/mol. The SMILES string of the molecule is Cc1ccc(-c2cc3/c(=N/Nc4ccccc4)c4cc5c(cc4c3s2)/c(=N\Nc2ccccc2)c2cc(-c3ccc(C)cc3)sc25)cc1. The average Bonchev–Trinajstić information content (AvgIpc) is 3.87. The number of hydrogen-bond donors (Lipinski definition) is 2. The molecule has 0 aliphatic carbocycles. The molecule has 2 aromatic heterocycles. The van der Waals surface area contributed by atoms with E-state index in [-0.39, 0.29) is 0 Å². The molecule has 9 aromatic rings. The summed E-state index contributed by atoms with van der Waals surface area (Å²) >= 11 is 3.66. The summed E-state index contributed by atoms with van der Waals surface area (Å²) in [6.45, 7) is 4.26. The van der Waals surface area contributed by atoms with E-state index in [9.17, 15) is 0 Å². The number of nitrogens with zero attached hydrogens (tertiary/aromatic N) is 2. The lowest BCUT2D eigenvalue weighted by Gasteiger charge is -2.01. The quantitative estimate of drug-likeness (QED) is 0.175. The van der Waals surface area contributed by atoms with Crippen LogP contribution < -0.4 is 21.6 Å². The molecule has 2 heterocycles. The molecule has 0 spiro atoms. The molecule has 0 saturated carbocycles. The number of anilines is 2. The van der Waals surface area contributed by atoms with Gasteiger partial charge in [-0.3, -0.25) is 10.9 Å². The smallest absolute Gasteiger partial charge is 0.0999 e. The maximum atomic E-state index is 5.07. The van der Waals surface area contributed by atoms with Gasteiger partial charge < -0.3 is 0 Å². The van der Waals surface area contributed by atoms with E-state index in [1.807, 2.05) is 83.3 Å². The van der Waals surface area contributed by atoms with Crippen LogP contribution in [0.25, 0.3) is 62.6 Å². The minimum Gasteiger partial charge on any atom is -0.278 e. The first-order valence-electron chi connectivity index (χ1n) is 16.0. The van der Waals surface area contributed by atoms with Crippen LogP contribution in [-0.4, -0.2) is 0 Å². The van der Waals surface area contributed by atoms with Crippen LogP contribution in [0.2, 0.25) is 0 Å². The van der Waals surface area contributed by atoms with Crippen molar-refractivity contribution in [2.24, 2.45) is 10.2 Å². The Morgan fingerprint density at radius 1 is 0.417 bits per heavy atom. The van der Waals surface area contributed by atoms with E-state index >= 15 is 0 Å². The zero-order valence-electron chi connectivity index (χ0n) is 26.4. The zero-order valence-corrected chi connectivity index (χ0v) is 28.0. The third-order valence-corrected chi connectivity index (χ3v) is 11.4. The maximum absolute atomic E-state index is 5.07. The Morgan fingerprint density at radius 3 is 1.21 bits per heavy atom. The summed E-state index contributed by atoms with van der Waals surface area (Å²) in [7, 11) is 0. The molecular weight excluding hydrogens is 625 g/mol. The van der Waals surface area contributed by atoms with Crippen molar-refractivity contribution in [2.45, 2.75) is 13.8 Å². The summed E-state index contributed by atoms with van der Waals surface area (Å²) in [5.74, 6) is 0. The van der Waals surface area contributed by atoms with Crippen LogP contribution in [0, 0.1) is 13.8 Å². The van der Waals surface area contributed by atoms with Crippen LogP contribution in [0.1, 0.15) is 11.1 Å². The monoisotopic (exact) mass is 654 g/mol. The molecule has 0 radical (unpaired) electrons. The van der Waals surface area contributed by atoms with Gasteiger partial charge >= 0.3 is 0 Å². The summed E-state index contributed by atoms with van der Waals surface area (Å²) in [6, 6.07) is 47.2. The molecule has 0 saturated heterocycles. The number of thiophene rings is 2. The largest absolute Gasteiger partial charge is 0.278 e. The Labute approximate surface area is 285 Å². The van der Waals surface area contributed by atoms with Gasteiger partial charge in [0, 0.05) is 51.5 Å². The summed E-state index contributed by atoms with van der Waals surface area (Å²) in [4.78, 5) is 2.47. The number of fused-ring (bicyclic) bond motifs is 6. The third-order valence-electron chi connectivity index (χ3n) is 8.94. The first kappa shape index (κ1) is 28.6. The minimum absolute atomic E-state index is 0.958. The molecule has 0 bridgehead atoms. The summed E-state index contributed by atoms with van der Waals surface area (Å²) < 4.78 is 2.48. The summed E-state index contributed by atoms with van der Waals surface area (Å²) in [5.41, 5.74) is 13.6. The zero-order chi connectivity index (χ0) is 32.2. The van der Waals surface area contributed by atoms with Crippen LogP contribution in [0.15, 0.2) is 144 Å². The Kier molecular flexibility index (Phi) is 6.92. The molecule has 48 heavy (non-hydrogen) atoms. The van der Waals surface area contributed by atoms with Crippen LogP contribution >= 0.6 is 22.7 Å². The summed E-state index contributed by atoms with van der Waals surface area (Å²) in [6.07, 6.45) is 0. The lowest BCUT2D eigenvalue weighted by atomic mass is 10.1. The molecule has 230 valence electrons. The van der Waals surface area contributed by atoms with Crippen LogP contribution in [-0.2, 0) is 0 Å². The molecule has 0 atom stereocenters. The van der Waals surface area contributed by atoms with E-state index in [0.29, 0.717) is 0 Å². The van der Waals surface area contributed by atoms with Gasteiger partial charge in [0.2, 0.25) is 0 Å². The molecule has 9 rings (SSSR count). The molecule has 0 fully saturated rings. The van der Waals surface area contributed by atoms with Gasteiger partial charge in [-0.05, 0) is 73.5 Å². The molecule has 0 unspecified atom stereocenters. The van der Waals surface area contributed by atoms with E-state index in [4.69, 9.17) is 10.2 Å². The van der Waals surface area contributed by atoms with Gasteiger partial charge in [0.15, 0.2) is 0 Å². The highest BCUT2D eigenvalue weighted by Gasteiger charge is 2.20. The Hall–Kier alpha value is -5.56. The predicted octanol–water partition coefficient (Wildman–Crippen LogP) is 11.1. The van der Waals surface area contributed by atoms with E-state index in [1.165, 1.54) is 52.2 Å². The Bertz CT molecular complexity index is 2520. The fourth-order valence-corrected chi connectivity index (χ4v) is 8.81. The van der Waals surface area contributed by atoms with E-state index < -0.39 is 0 Å². The van der Waals surface area contributed by atoms with E-state index in [0.717, 1.165) is 43.6 Å². The van der Waals surface area contributed by atoms with E-state index in [2.05, 4.69) is 97.5 Å². The van der Waals surface area contributed by atoms with Crippen molar-refractivity contribution >= 4 is 75.8 Å². The molecule has 0 amide bonds. The van der Waals surface area contributed by atoms with Gasteiger partial charge in [0.1, 0.15) is 0 Å². The molecule has 4 nitrogen and oxygen atoms in total. The van der Waals surface area contributed by atoms with Gasteiger partial charge in [-0.25, -0.2) is 0 Å². The molecule has 6 heteroatoms. The van der Waals surface area contributed by atoms with Crippen LogP contribution in [0.3, 0.4) is 0 Å². The normalized spacial score (nSPS) is 12.6. The minimum atomic E-state index is 0.958. The standard InChI is InChI=1S/C42H30N4S2/c1-25-13-17-27(18-14-25)37-23-35-39(45-43-29-9-5-3-6-10-29)31-22-34-32(21-33(31)41(35)47-37)40(46-44-30-11-7-4-8-12-30)36-24-38(48-42(34)36)28-19-15-26(2)16-20-28/h3-24,43-44H,1-2H3/b45-39+,46-40+. The first-order valence-corrected chi connectivity index (χ1v) is 17.6. The van der Waals surface area contributed by atoms with Crippen molar-refractivity contribution < 1.29 is 0 Å². The second-order valence-electron chi connectivity index (χ2n) is 12.3. The van der Waals surface area contributed by atoms with Crippen LogP contribution in [0.4, 0.5) is 11.4 Å². The molecule has 2 N–H and O–H groups in total. The number of aryl methyl sites for hydroxylation is 2. The van der Waals surface area contributed by atoms with E-state index in [1.54, 1.807) is 0 Å². The van der Waals surface area contributed by atoms with Gasteiger partial charge in [-0.1, -0.05) is 96.1 Å². The van der Waals surface area contributed by atoms with Gasteiger partial charge in [-0.15, -0.1) is 22.7 Å². The fourth-order valence-electron chi connectivity index (χ4n) is 6.42. The van der Waals surface area contributed by atoms with Crippen molar-refractivity contribution in [3.8, 4) is 20.9 Å². The average molecular weight is 655 g/mol. The highest BCUT2D eigenvalue weighted by molar-refractivity contribution is 7.23. The van der Waals surface area contributed by atoms with Crippen molar-refractivity contribution in [1.29, 1.82) is 0 Å². The number of hydrogen-bond acceptors (Lipinski definition) is 6. The number of rotatable bonds is 6. The molecule has 0 aliphatic rings. The lowest BCUT2D eigenvalue weighted by Crippen LogP contribution is -2.05. The number of nitrogens with one attached hydrogen (secondary N) is 2. The number of para-hydroxylation sites is 2. The Morgan fingerprint density at radius 2 is 0.812 bits per heavy atom. The summed E-state index contributed by atoms with van der Waals surface area (Å²) in [5, 5.41) is 19.1. The topological polar surface area (TPSA) is 48.8 Å². The van der Waals surface area contributed by atoms with Crippen molar-refractivity contribution in [3.05, 3.63) is 155 Å². The highest BCUT2D eigenvalue weighted by Crippen LogP contribution is 2.42. The van der Waals surface area contributed by atoms with Crippen LogP contribution in [0.5, 0.6) is 0 Å². The molecule has 7 aromatic carbocycles. The van der Waals surface area contributed by atoms with Crippen molar-refractivity contribution in [3.63, 3.8) is 0 Å². The molecular formula is C42H30N4S2. The van der Waals surface area contributed by atoms with Crippen molar-refractivity contribution in [1.82, 2.24) is 0 Å². The van der Waals surface area contributed by atoms with Crippen molar-refractivity contribution in [2.75, 3.05) is 10.9 Å². The molecule has 0 aliphatic heterocycles. The lowest BCUT2D eigenvalue weighted by molar-refractivity contribution is 1.25.